The van der Waals surface area contributed by atoms with Crippen LogP contribution in [0.25, 0.3) is 0 Å². The van der Waals surface area contributed by atoms with Crippen molar-refractivity contribution >= 4 is 11.9 Å². The molecule has 0 aromatic carbocycles. The Morgan fingerprint density at radius 3 is 2.53 bits per heavy atom. The van der Waals surface area contributed by atoms with Crippen LogP contribution in [0.4, 0.5) is 0 Å². The number of nitrogens with one attached hydrogen (secondary N) is 2. The van der Waals surface area contributed by atoms with Crippen LogP contribution in [0.5, 0.6) is 0 Å². The summed E-state index contributed by atoms with van der Waals surface area (Å²) in [6, 6.07) is -0.731. The lowest BCUT2D eigenvalue weighted by atomic mass is 10.0. The van der Waals surface area contributed by atoms with E-state index in [9.17, 15) is 9.59 Å². The van der Waals surface area contributed by atoms with Gasteiger partial charge in [0.2, 0.25) is 5.91 Å². The van der Waals surface area contributed by atoms with Crippen LogP contribution in [0.1, 0.15) is 33.1 Å². The summed E-state index contributed by atoms with van der Waals surface area (Å²) in [6.07, 6.45) is 2.99. The topological polar surface area (TPSA) is 67.4 Å². The van der Waals surface area contributed by atoms with Crippen LogP contribution in [-0.2, 0) is 14.3 Å². The van der Waals surface area contributed by atoms with Gasteiger partial charge in [-0.15, -0.1) is 0 Å². The summed E-state index contributed by atoms with van der Waals surface area (Å²) in [5, 5.41) is 5.92. The second-order valence-electron chi connectivity index (χ2n) is 4.76. The average Bonchev–Trinajstić information content (AvgIpc) is 2.35. The maximum Gasteiger partial charge on any atom is 0.328 e. The fourth-order valence-corrected chi connectivity index (χ4v) is 1.95. The van der Waals surface area contributed by atoms with Gasteiger partial charge >= 0.3 is 5.97 Å². The summed E-state index contributed by atoms with van der Waals surface area (Å²) in [6.45, 7) is 4.63. The molecule has 1 saturated heterocycles. The SMILES string of the molecule is COC(=O)[C@H](NC(=O)C1CCCCN1)C(C)C. The Morgan fingerprint density at radius 1 is 1.35 bits per heavy atom. The Balaban J connectivity index is 2.54. The minimum Gasteiger partial charge on any atom is -0.467 e. The molecule has 1 amide bonds. The van der Waals surface area contributed by atoms with Gasteiger partial charge in [0.25, 0.3) is 0 Å². The predicted octanol–water partition coefficient (Wildman–Crippen LogP) is 0.442. The van der Waals surface area contributed by atoms with Gasteiger partial charge < -0.3 is 15.4 Å². The van der Waals surface area contributed by atoms with E-state index in [1.54, 1.807) is 0 Å². The molecule has 0 saturated carbocycles. The Morgan fingerprint density at radius 2 is 2.06 bits per heavy atom. The largest absolute Gasteiger partial charge is 0.467 e. The Hall–Kier alpha value is -1.10. The smallest absolute Gasteiger partial charge is 0.328 e. The number of ether oxygens (including phenoxy) is 1. The van der Waals surface area contributed by atoms with Gasteiger partial charge in [-0.2, -0.15) is 0 Å². The van der Waals surface area contributed by atoms with Crippen LogP contribution < -0.4 is 10.6 Å². The molecule has 1 unspecified atom stereocenters. The molecule has 0 spiro atoms. The van der Waals surface area contributed by atoms with Crippen molar-refractivity contribution in [3.8, 4) is 0 Å². The third-order valence-electron chi connectivity index (χ3n) is 3.05. The van der Waals surface area contributed by atoms with Crippen LogP contribution in [0.3, 0.4) is 0 Å². The van der Waals surface area contributed by atoms with E-state index in [4.69, 9.17) is 0 Å². The van der Waals surface area contributed by atoms with Crippen molar-refractivity contribution in [3.05, 3.63) is 0 Å². The highest BCUT2D eigenvalue weighted by Crippen LogP contribution is 2.09. The summed E-state index contributed by atoms with van der Waals surface area (Å²) >= 11 is 0. The summed E-state index contributed by atoms with van der Waals surface area (Å²) in [7, 11) is 1.34. The molecule has 0 aromatic rings. The normalized spacial score (nSPS) is 22.0. The lowest BCUT2D eigenvalue weighted by Gasteiger charge is -2.26. The molecule has 1 rings (SSSR count). The number of methoxy groups -OCH3 is 1. The molecule has 17 heavy (non-hydrogen) atoms. The van der Waals surface area contributed by atoms with Crippen LogP contribution >= 0.6 is 0 Å². The molecule has 0 aliphatic carbocycles. The first-order valence-corrected chi connectivity index (χ1v) is 6.18. The number of carbonyl (C=O) groups excluding carboxylic acids is 2. The van der Waals surface area contributed by atoms with Crippen molar-refractivity contribution in [2.24, 2.45) is 5.92 Å². The van der Waals surface area contributed by atoms with E-state index >= 15 is 0 Å². The number of esters is 1. The lowest BCUT2D eigenvalue weighted by Crippen LogP contribution is -2.53. The van der Waals surface area contributed by atoms with Crippen molar-refractivity contribution < 1.29 is 14.3 Å². The van der Waals surface area contributed by atoms with Gasteiger partial charge in [0, 0.05) is 0 Å². The molecule has 1 fully saturated rings. The van der Waals surface area contributed by atoms with Crippen molar-refractivity contribution in [1.29, 1.82) is 0 Å². The zero-order valence-electron chi connectivity index (χ0n) is 10.8. The molecule has 5 heteroatoms. The van der Waals surface area contributed by atoms with Gasteiger partial charge in [0.15, 0.2) is 0 Å². The number of amides is 1. The molecule has 0 bridgehead atoms. The van der Waals surface area contributed by atoms with Crippen LogP contribution in [0, 0.1) is 5.92 Å². The quantitative estimate of drug-likeness (QED) is 0.702. The summed E-state index contributed by atoms with van der Waals surface area (Å²) in [4.78, 5) is 23.5. The van der Waals surface area contributed by atoms with Crippen molar-refractivity contribution in [2.45, 2.75) is 45.2 Å². The molecule has 2 N–H and O–H groups in total. The highest BCUT2D eigenvalue weighted by atomic mass is 16.5. The standard InChI is InChI=1S/C12H22N2O3/c1-8(2)10(12(16)17-3)14-11(15)9-6-4-5-7-13-9/h8-10,13H,4-7H2,1-3H3,(H,14,15)/t9?,10-/m1/s1. The Kier molecular flexibility index (Phi) is 5.41. The van der Waals surface area contributed by atoms with E-state index in [1.165, 1.54) is 7.11 Å². The summed E-state index contributed by atoms with van der Waals surface area (Å²) < 4.78 is 4.69. The summed E-state index contributed by atoms with van der Waals surface area (Å²) in [5.41, 5.74) is 0. The second-order valence-corrected chi connectivity index (χ2v) is 4.76. The molecule has 0 radical (unpaired) electrons. The molecule has 1 aliphatic rings. The molecule has 2 atom stereocenters. The van der Waals surface area contributed by atoms with Gasteiger partial charge in [-0.3, -0.25) is 4.79 Å². The monoisotopic (exact) mass is 242 g/mol. The number of hydrogen-bond donors (Lipinski definition) is 2. The first-order chi connectivity index (χ1) is 8.06. The molecule has 0 aromatic heterocycles. The minimum absolute atomic E-state index is 0.0231. The van der Waals surface area contributed by atoms with Crippen molar-refractivity contribution in [2.75, 3.05) is 13.7 Å². The van der Waals surface area contributed by atoms with E-state index in [2.05, 4.69) is 15.4 Å². The zero-order valence-corrected chi connectivity index (χ0v) is 10.8. The molecule has 5 nitrogen and oxygen atoms in total. The summed E-state index contributed by atoms with van der Waals surface area (Å²) in [5.74, 6) is -0.465. The molecular formula is C12H22N2O3. The van der Waals surface area contributed by atoms with Crippen LogP contribution in [0.15, 0.2) is 0 Å². The van der Waals surface area contributed by atoms with E-state index in [-0.39, 0.29) is 23.8 Å². The van der Waals surface area contributed by atoms with Gasteiger partial charge in [0.1, 0.15) is 6.04 Å². The van der Waals surface area contributed by atoms with Crippen LogP contribution in [0.2, 0.25) is 0 Å². The van der Waals surface area contributed by atoms with Gasteiger partial charge in [-0.05, 0) is 25.3 Å². The molecule has 1 heterocycles. The zero-order chi connectivity index (χ0) is 12.8. The molecular weight excluding hydrogens is 220 g/mol. The third kappa shape index (κ3) is 4.00. The maximum atomic E-state index is 12.0. The number of carbonyl (C=O) groups is 2. The van der Waals surface area contributed by atoms with Gasteiger partial charge in [-0.1, -0.05) is 20.3 Å². The average molecular weight is 242 g/mol. The van der Waals surface area contributed by atoms with Crippen LogP contribution in [-0.4, -0.2) is 37.6 Å². The number of hydrogen-bond acceptors (Lipinski definition) is 4. The predicted molar refractivity (Wildman–Crippen MR) is 64.4 cm³/mol. The van der Waals surface area contributed by atoms with Gasteiger partial charge in [0.05, 0.1) is 13.2 Å². The first-order valence-electron chi connectivity index (χ1n) is 6.18. The van der Waals surface area contributed by atoms with Gasteiger partial charge in [-0.25, -0.2) is 4.79 Å². The fraction of sp³-hybridized carbons (Fsp3) is 0.833. The Labute approximate surface area is 102 Å². The third-order valence-corrected chi connectivity index (χ3v) is 3.05. The van der Waals surface area contributed by atoms with E-state index in [0.29, 0.717) is 0 Å². The van der Waals surface area contributed by atoms with Crippen molar-refractivity contribution in [3.63, 3.8) is 0 Å². The van der Waals surface area contributed by atoms with E-state index < -0.39 is 6.04 Å². The first kappa shape index (κ1) is 14.0. The van der Waals surface area contributed by atoms with E-state index in [1.807, 2.05) is 13.8 Å². The number of piperidine rings is 1. The second kappa shape index (κ2) is 6.59. The minimum atomic E-state index is -0.559. The number of rotatable bonds is 4. The lowest BCUT2D eigenvalue weighted by molar-refractivity contribution is -0.146. The highest BCUT2D eigenvalue weighted by molar-refractivity contribution is 5.87. The maximum absolute atomic E-state index is 12.0. The molecule has 98 valence electrons. The fourth-order valence-electron chi connectivity index (χ4n) is 1.95. The van der Waals surface area contributed by atoms with Crippen molar-refractivity contribution in [1.82, 2.24) is 10.6 Å². The Bertz CT molecular complexity index is 273. The highest BCUT2D eigenvalue weighted by Gasteiger charge is 2.28. The van der Waals surface area contributed by atoms with E-state index in [0.717, 1.165) is 25.8 Å². The molecule has 1 aliphatic heterocycles.